The lowest BCUT2D eigenvalue weighted by atomic mass is 10.0. The first-order valence-electron chi connectivity index (χ1n) is 29.6. The summed E-state index contributed by atoms with van der Waals surface area (Å²) in [6.45, 7) is 4.87. The van der Waals surface area contributed by atoms with E-state index in [-0.39, 0.29) is 19.1 Å². The van der Waals surface area contributed by atoms with Crippen LogP contribution in [-0.2, 0) is 18.4 Å². The highest BCUT2D eigenvalue weighted by atomic mass is 31.2. The van der Waals surface area contributed by atoms with Gasteiger partial charge in [0.25, 0.3) is 0 Å². The molecular formula is C58H118N2O6P+. The van der Waals surface area contributed by atoms with Gasteiger partial charge in [0.1, 0.15) is 13.2 Å². The second kappa shape index (κ2) is 50.2. The van der Waals surface area contributed by atoms with Crippen LogP contribution in [0.15, 0.2) is 12.2 Å². The molecule has 8 nitrogen and oxygen atoms in total. The third-order valence-corrected chi connectivity index (χ3v) is 14.7. The SMILES string of the molecule is CCCCCCCCCCCCCCCCCCCCCCCCCC/C=C/C(O)C(COP(=O)(O)OCC[N+](C)(C)C)NC(=O)CCCCCCCCCCCCCCCCCCCCC. The first-order chi connectivity index (χ1) is 32.5. The van der Waals surface area contributed by atoms with Crippen LogP contribution in [-0.4, -0.2) is 73.4 Å². The van der Waals surface area contributed by atoms with Crippen LogP contribution in [0.2, 0.25) is 0 Å². The second-order valence-corrected chi connectivity index (χ2v) is 23.2. The van der Waals surface area contributed by atoms with Gasteiger partial charge in [0, 0.05) is 6.42 Å². The number of quaternary nitrogens is 1. The molecule has 0 aromatic heterocycles. The monoisotopic (exact) mass is 970 g/mol. The van der Waals surface area contributed by atoms with Crippen molar-refractivity contribution in [3.63, 3.8) is 0 Å². The molecule has 0 rings (SSSR count). The molecule has 1 amide bonds. The van der Waals surface area contributed by atoms with Gasteiger partial charge >= 0.3 is 7.82 Å². The Kier molecular flexibility index (Phi) is 49.6. The molecule has 9 heteroatoms. The molecule has 0 heterocycles. The number of hydrogen-bond acceptors (Lipinski definition) is 5. The van der Waals surface area contributed by atoms with Crippen LogP contribution < -0.4 is 5.32 Å². The van der Waals surface area contributed by atoms with E-state index in [2.05, 4.69) is 19.2 Å². The predicted molar refractivity (Wildman–Crippen MR) is 291 cm³/mol. The fraction of sp³-hybridized carbons (Fsp3) is 0.948. The zero-order valence-corrected chi connectivity index (χ0v) is 46.6. The Morgan fingerprint density at radius 3 is 1.10 bits per heavy atom. The summed E-state index contributed by atoms with van der Waals surface area (Å²) in [7, 11) is 1.59. The van der Waals surface area contributed by atoms with Crippen LogP contribution in [0, 0.1) is 0 Å². The summed E-state index contributed by atoms with van der Waals surface area (Å²) in [4.78, 5) is 23.3. The molecule has 0 aromatic rings. The highest BCUT2D eigenvalue weighted by Crippen LogP contribution is 2.43. The van der Waals surface area contributed by atoms with E-state index in [9.17, 15) is 19.4 Å². The highest BCUT2D eigenvalue weighted by Gasteiger charge is 2.27. The average molecular weight is 971 g/mol. The number of phosphoric acid groups is 1. The lowest BCUT2D eigenvalue weighted by Crippen LogP contribution is -2.45. The zero-order chi connectivity index (χ0) is 49.2. The fourth-order valence-corrected chi connectivity index (χ4v) is 9.84. The first-order valence-corrected chi connectivity index (χ1v) is 31.1. The summed E-state index contributed by atoms with van der Waals surface area (Å²) in [6.07, 6.45) is 61.7. The number of rotatable bonds is 55. The second-order valence-electron chi connectivity index (χ2n) is 21.7. The normalized spacial score (nSPS) is 14.0. The maximum atomic E-state index is 13.0. The maximum absolute atomic E-state index is 13.0. The van der Waals surface area contributed by atoms with E-state index in [1.807, 2.05) is 27.2 Å². The Balaban J connectivity index is 4.15. The van der Waals surface area contributed by atoms with Crippen molar-refractivity contribution in [1.82, 2.24) is 5.32 Å². The summed E-state index contributed by atoms with van der Waals surface area (Å²) >= 11 is 0. The number of phosphoric ester groups is 1. The number of nitrogens with one attached hydrogen (secondary N) is 1. The van der Waals surface area contributed by atoms with Crippen molar-refractivity contribution in [3.05, 3.63) is 12.2 Å². The molecule has 0 aliphatic carbocycles. The number of amides is 1. The summed E-state index contributed by atoms with van der Waals surface area (Å²) < 4.78 is 23.7. The number of carbonyl (C=O) groups is 1. The van der Waals surface area contributed by atoms with Gasteiger partial charge in [0.15, 0.2) is 0 Å². The van der Waals surface area contributed by atoms with Gasteiger partial charge in [0.05, 0.1) is 39.9 Å². The molecule has 0 radical (unpaired) electrons. The highest BCUT2D eigenvalue weighted by molar-refractivity contribution is 7.47. The van der Waals surface area contributed by atoms with Gasteiger partial charge in [-0.25, -0.2) is 4.57 Å². The van der Waals surface area contributed by atoms with Crippen LogP contribution in [0.3, 0.4) is 0 Å². The van der Waals surface area contributed by atoms with Gasteiger partial charge < -0.3 is 19.8 Å². The molecule has 3 N–H and O–H groups in total. The van der Waals surface area contributed by atoms with E-state index in [0.29, 0.717) is 17.4 Å². The molecule has 0 fully saturated rings. The Morgan fingerprint density at radius 2 is 0.791 bits per heavy atom. The van der Waals surface area contributed by atoms with Crippen molar-refractivity contribution < 1.29 is 32.9 Å². The van der Waals surface area contributed by atoms with Crippen LogP contribution in [0.1, 0.15) is 303 Å². The Labute approximate surface area is 418 Å². The van der Waals surface area contributed by atoms with Gasteiger partial charge in [-0.2, -0.15) is 0 Å². The largest absolute Gasteiger partial charge is 0.472 e. The molecule has 0 saturated carbocycles. The third-order valence-electron chi connectivity index (χ3n) is 13.8. The van der Waals surface area contributed by atoms with Crippen molar-refractivity contribution in [2.24, 2.45) is 0 Å². The molecule has 400 valence electrons. The number of nitrogens with zero attached hydrogens (tertiary/aromatic N) is 1. The fourth-order valence-electron chi connectivity index (χ4n) is 9.10. The molecule has 3 unspecified atom stereocenters. The quantitative estimate of drug-likeness (QED) is 0.0243. The zero-order valence-electron chi connectivity index (χ0n) is 45.7. The van der Waals surface area contributed by atoms with Crippen LogP contribution in [0.25, 0.3) is 0 Å². The first kappa shape index (κ1) is 66.2. The Morgan fingerprint density at radius 1 is 0.493 bits per heavy atom. The summed E-state index contributed by atoms with van der Waals surface area (Å²) in [5.74, 6) is -0.170. The lowest BCUT2D eigenvalue weighted by molar-refractivity contribution is -0.870. The standard InChI is InChI=1S/C58H117N2O6P/c1-6-8-10-12-14-16-18-20-22-24-26-27-28-29-30-31-32-34-35-37-39-41-43-45-47-49-51-57(61)56(55-66-67(63,64)65-54-53-60(3,4)5)59-58(62)52-50-48-46-44-42-40-38-36-33-25-23-21-19-17-15-13-11-9-7-2/h49,51,56-57,61H,6-48,50,52-55H2,1-5H3,(H-,59,62,63,64)/p+1/b51-49+. The van der Waals surface area contributed by atoms with Crippen molar-refractivity contribution in [2.75, 3.05) is 40.9 Å². The predicted octanol–water partition coefficient (Wildman–Crippen LogP) is 17.8. The minimum absolute atomic E-state index is 0.0652. The molecule has 0 aliphatic heterocycles. The lowest BCUT2D eigenvalue weighted by Gasteiger charge is -2.25. The van der Waals surface area contributed by atoms with Crippen molar-refractivity contribution >= 4 is 13.7 Å². The minimum atomic E-state index is -4.34. The number of hydrogen-bond donors (Lipinski definition) is 3. The Bertz CT molecular complexity index is 1100. The van der Waals surface area contributed by atoms with Crippen LogP contribution >= 0.6 is 7.82 Å². The third kappa shape index (κ3) is 52.9. The minimum Gasteiger partial charge on any atom is -0.387 e. The van der Waals surface area contributed by atoms with E-state index < -0.39 is 20.0 Å². The van der Waals surface area contributed by atoms with Gasteiger partial charge in [-0.3, -0.25) is 13.8 Å². The summed E-state index contributed by atoms with van der Waals surface area (Å²) in [5, 5.41) is 14.0. The van der Waals surface area contributed by atoms with Crippen molar-refractivity contribution in [1.29, 1.82) is 0 Å². The average Bonchev–Trinajstić information content (AvgIpc) is 3.29. The maximum Gasteiger partial charge on any atom is 0.472 e. The smallest absolute Gasteiger partial charge is 0.387 e. The molecule has 0 aliphatic rings. The van der Waals surface area contributed by atoms with Crippen molar-refractivity contribution in [2.45, 2.75) is 315 Å². The molecular weight excluding hydrogens is 852 g/mol. The van der Waals surface area contributed by atoms with E-state index in [1.54, 1.807) is 6.08 Å². The molecule has 0 aromatic carbocycles. The summed E-state index contributed by atoms with van der Waals surface area (Å²) in [6, 6.07) is -0.842. The number of likely N-dealkylation sites (N-methyl/N-ethyl adjacent to an activating group) is 1. The van der Waals surface area contributed by atoms with Gasteiger partial charge in [-0.15, -0.1) is 0 Å². The van der Waals surface area contributed by atoms with Crippen LogP contribution in [0.4, 0.5) is 0 Å². The summed E-state index contributed by atoms with van der Waals surface area (Å²) in [5.41, 5.74) is 0. The van der Waals surface area contributed by atoms with E-state index >= 15 is 0 Å². The van der Waals surface area contributed by atoms with Gasteiger partial charge in [-0.05, 0) is 19.3 Å². The topological polar surface area (TPSA) is 105 Å². The van der Waals surface area contributed by atoms with E-state index in [1.165, 1.54) is 250 Å². The molecule has 3 atom stereocenters. The number of aliphatic hydroxyl groups excluding tert-OH is 1. The van der Waals surface area contributed by atoms with E-state index in [4.69, 9.17) is 9.05 Å². The molecule has 67 heavy (non-hydrogen) atoms. The van der Waals surface area contributed by atoms with Crippen molar-refractivity contribution in [3.8, 4) is 0 Å². The number of carbonyl (C=O) groups excluding carboxylic acids is 1. The number of allylic oxidation sites excluding steroid dienone is 1. The van der Waals surface area contributed by atoms with E-state index in [0.717, 1.165) is 32.1 Å². The molecule has 0 spiro atoms. The van der Waals surface area contributed by atoms with Gasteiger partial charge in [-0.1, -0.05) is 289 Å². The van der Waals surface area contributed by atoms with Gasteiger partial charge in [0.2, 0.25) is 5.91 Å². The number of unbranched alkanes of at least 4 members (excludes halogenated alkanes) is 42. The van der Waals surface area contributed by atoms with Crippen LogP contribution in [0.5, 0.6) is 0 Å². The molecule has 0 saturated heterocycles. The molecule has 0 bridgehead atoms. The Hall–Kier alpha value is -0.760. The number of aliphatic hydroxyl groups is 1.